The summed E-state index contributed by atoms with van der Waals surface area (Å²) in [5.41, 5.74) is 0.987. The second-order valence-electron chi connectivity index (χ2n) is 4.05. The van der Waals surface area contributed by atoms with Crippen molar-refractivity contribution in [3.63, 3.8) is 0 Å². The molecular formula is C12H11N3O2S. The maximum absolute atomic E-state index is 11.1. The minimum Gasteiger partial charge on any atom is -0.310 e. The zero-order chi connectivity index (χ0) is 12.7. The van der Waals surface area contributed by atoms with Crippen LogP contribution in [0.25, 0.3) is 21.1 Å². The highest BCUT2D eigenvalue weighted by molar-refractivity contribution is 7.13. The number of carbonyl (C=O) groups is 1. The molecular weight excluding hydrogens is 250 g/mol. The van der Waals surface area contributed by atoms with E-state index in [0.29, 0.717) is 5.06 Å². The van der Waals surface area contributed by atoms with Crippen molar-refractivity contribution in [1.29, 1.82) is 0 Å². The highest BCUT2D eigenvalue weighted by Gasteiger charge is 2.14. The average molecular weight is 261 g/mol. The molecule has 0 bridgehead atoms. The van der Waals surface area contributed by atoms with Crippen LogP contribution in [0.15, 0.2) is 30.5 Å². The minimum atomic E-state index is -0.384. The molecule has 0 unspecified atom stereocenters. The largest absolute Gasteiger partial charge is 0.310 e. The topological polar surface area (TPSA) is 58.4 Å². The molecule has 5 nitrogen and oxygen atoms in total. The lowest BCUT2D eigenvalue weighted by Crippen LogP contribution is -2.27. The summed E-state index contributed by atoms with van der Waals surface area (Å²) >= 11 is 1.36. The van der Waals surface area contributed by atoms with Gasteiger partial charge < -0.3 is 4.57 Å². The third kappa shape index (κ3) is 1.58. The van der Waals surface area contributed by atoms with Gasteiger partial charge in [-0.05, 0) is 17.6 Å². The molecule has 0 fully saturated rings. The third-order valence-electron chi connectivity index (χ3n) is 2.92. The van der Waals surface area contributed by atoms with Crippen molar-refractivity contribution in [2.45, 2.75) is 13.6 Å². The smallest absolute Gasteiger partial charge is 0.244 e. The number of rotatable bonds is 2. The Kier molecular flexibility index (Phi) is 2.53. The molecule has 0 aliphatic carbocycles. The fourth-order valence-electron chi connectivity index (χ4n) is 2.03. The van der Waals surface area contributed by atoms with Gasteiger partial charge in [-0.15, -0.1) is 0 Å². The summed E-state index contributed by atoms with van der Waals surface area (Å²) in [4.78, 5) is 12.1. The number of hydroxylamine groups is 2. The molecule has 1 amide bonds. The monoisotopic (exact) mass is 261 g/mol. The number of benzene rings is 1. The lowest BCUT2D eigenvalue weighted by molar-refractivity contribution is -0.169. The molecule has 3 rings (SSSR count). The van der Waals surface area contributed by atoms with E-state index in [4.69, 9.17) is 0 Å². The first kappa shape index (κ1) is 11.2. The van der Waals surface area contributed by atoms with Crippen molar-refractivity contribution in [2.24, 2.45) is 0 Å². The highest BCUT2D eigenvalue weighted by Crippen LogP contribution is 2.31. The van der Waals surface area contributed by atoms with Gasteiger partial charge in [0, 0.05) is 17.7 Å². The number of hydrogen-bond donors (Lipinski definition) is 1. The summed E-state index contributed by atoms with van der Waals surface area (Å²) < 4.78 is 6.05. The van der Waals surface area contributed by atoms with E-state index >= 15 is 0 Å². The fourth-order valence-corrected chi connectivity index (χ4v) is 2.81. The fraction of sp³-hybridized carbons (Fsp3) is 0.167. The van der Waals surface area contributed by atoms with Crippen LogP contribution in [0.3, 0.4) is 0 Å². The average Bonchev–Trinajstić information content (AvgIpc) is 2.92. The molecule has 18 heavy (non-hydrogen) atoms. The van der Waals surface area contributed by atoms with E-state index in [2.05, 4.69) is 4.37 Å². The van der Waals surface area contributed by atoms with Gasteiger partial charge in [-0.2, -0.15) is 4.37 Å². The zero-order valence-electron chi connectivity index (χ0n) is 9.70. The molecule has 0 saturated heterocycles. The van der Waals surface area contributed by atoms with Gasteiger partial charge in [0.15, 0.2) is 0 Å². The lowest BCUT2D eigenvalue weighted by atomic mass is 10.2. The number of para-hydroxylation sites is 1. The summed E-state index contributed by atoms with van der Waals surface area (Å²) in [5.74, 6) is -0.384. The molecule has 2 aromatic heterocycles. The molecule has 1 aromatic carbocycles. The van der Waals surface area contributed by atoms with Gasteiger partial charge in [0.1, 0.15) is 11.5 Å². The van der Waals surface area contributed by atoms with E-state index in [0.717, 1.165) is 21.1 Å². The van der Waals surface area contributed by atoms with Crippen molar-refractivity contribution in [1.82, 2.24) is 14.0 Å². The summed E-state index contributed by atoms with van der Waals surface area (Å²) in [6.45, 7) is 1.44. The first-order chi connectivity index (χ1) is 8.68. The number of amides is 1. The first-order valence-electron chi connectivity index (χ1n) is 5.47. The number of hydrogen-bond acceptors (Lipinski definition) is 4. The van der Waals surface area contributed by atoms with Gasteiger partial charge in [-0.3, -0.25) is 10.0 Å². The molecule has 6 heteroatoms. The number of nitrogens with zero attached hydrogens (tertiary/aromatic N) is 3. The summed E-state index contributed by atoms with van der Waals surface area (Å²) in [6.07, 6.45) is 1.81. The van der Waals surface area contributed by atoms with E-state index in [9.17, 15) is 10.0 Å². The molecule has 92 valence electrons. The molecule has 0 aliphatic heterocycles. The van der Waals surface area contributed by atoms with Crippen LogP contribution in [0, 0.1) is 0 Å². The predicted molar refractivity (Wildman–Crippen MR) is 69.4 cm³/mol. The van der Waals surface area contributed by atoms with Gasteiger partial charge in [0.25, 0.3) is 0 Å². The van der Waals surface area contributed by atoms with E-state index in [1.807, 2.05) is 35.0 Å². The van der Waals surface area contributed by atoms with Crippen molar-refractivity contribution in [3.05, 3.63) is 30.5 Å². The molecule has 0 atom stereocenters. The normalized spacial score (nSPS) is 11.2. The molecule has 0 radical (unpaired) electrons. The maximum atomic E-state index is 11.1. The molecule has 2 heterocycles. The molecule has 0 saturated carbocycles. The Hall–Kier alpha value is -1.92. The van der Waals surface area contributed by atoms with Crippen molar-refractivity contribution in [2.75, 3.05) is 0 Å². The van der Waals surface area contributed by atoms with E-state index in [1.54, 1.807) is 0 Å². The SMILES string of the molecule is CC(=O)N(O)Cn1c2ccccc2c2cnsc21. The quantitative estimate of drug-likeness (QED) is 0.569. The van der Waals surface area contributed by atoms with E-state index < -0.39 is 0 Å². The third-order valence-corrected chi connectivity index (χ3v) is 3.74. The summed E-state index contributed by atoms with van der Waals surface area (Å²) in [5, 5.41) is 12.4. The lowest BCUT2D eigenvalue weighted by Gasteiger charge is -2.14. The number of aromatic nitrogens is 2. The Labute approximate surface area is 107 Å². The highest BCUT2D eigenvalue weighted by atomic mass is 32.1. The van der Waals surface area contributed by atoms with Crippen LogP contribution in [0.5, 0.6) is 0 Å². The van der Waals surface area contributed by atoms with Crippen LogP contribution in [0.2, 0.25) is 0 Å². The van der Waals surface area contributed by atoms with Gasteiger partial charge in [-0.1, -0.05) is 18.2 Å². The summed E-state index contributed by atoms with van der Waals surface area (Å²) in [6, 6.07) is 7.88. The number of fused-ring (bicyclic) bond motifs is 3. The second kappa shape index (κ2) is 4.08. The maximum Gasteiger partial charge on any atom is 0.244 e. The Morgan fingerprint density at radius 2 is 2.22 bits per heavy atom. The Bertz CT molecular complexity index is 731. The van der Waals surface area contributed by atoms with Crippen LogP contribution in [-0.2, 0) is 11.5 Å². The Morgan fingerprint density at radius 1 is 1.44 bits per heavy atom. The molecule has 0 aliphatic rings. The standard InChI is InChI=1S/C12H11N3O2S/c1-8(16)15(17)7-14-11-5-3-2-4-9(11)10-6-13-18-12(10)14/h2-6,17H,7H2,1H3. The number of carbonyl (C=O) groups excluding carboxylic acids is 1. The first-order valence-corrected chi connectivity index (χ1v) is 6.24. The van der Waals surface area contributed by atoms with Crippen molar-refractivity contribution >= 4 is 38.6 Å². The van der Waals surface area contributed by atoms with Crippen LogP contribution in [-0.4, -0.2) is 25.1 Å². The second-order valence-corrected chi connectivity index (χ2v) is 4.83. The zero-order valence-corrected chi connectivity index (χ0v) is 10.5. The van der Waals surface area contributed by atoms with E-state index in [1.165, 1.54) is 18.5 Å². The van der Waals surface area contributed by atoms with Gasteiger partial charge in [-0.25, -0.2) is 5.06 Å². The summed E-state index contributed by atoms with van der Waals surface area (Å²) in [7, 11) is 0. The molecule has 1 N–H and O–H groups in total. The van der Waals surface area contributed by atoms with Gasteiger partial charge in [0.2, 0.25) is 5.91 Å². The predicted octanol–water partition coefficient (Wildman–Crippen LogP) is 2.45. The van der Waals surface area contributed by atoms with Gasteiger partial charge in [0.05, 0.1) is 11.7 Å². The van der Waals surface area contributed by atoms with Gasteiger partial charge >= 0.3 is 0 Å². The van der Waals surface area contributed by atoms with Crippen molar-refractivity contribution < 1.29 is 10.0 Å². The molecule has 0 spiro atoms. The Morgan fingerprint density at radius 3 is 3.00 bits per heavy atom. The van der Waals surface area contributed by atoms with Crippen molar-refractivity contribution in [3.8, 4) is 0 Å². The van der Waals surface area contributed by atoms with Crippen LogP contribution >= 0.6 is 11.5 Å². The molecule has 3 aromatic rings. The minimum absolute atomic E-state index is 0.113. The van der Waals surface area contributed by atoms with Crippen LogP contribution < -0.4 is 0 Å². The van der Waals surface area contributed by atoms with Crippen LogP contribution in [0.4, 0.5) is 0 Å². The van der Waals surface area contributed by atoms with Crippen LogP contribution in [0.1, 0.15) is 6.92 Å². The van der Waals surface area contributed by atoms with E-state index in [-0.39, 0.29) is 12.6 Å². The Balaban J connectivity index is 2.23.